The van der Waals surface area contributed by atoms with Gasteiger partial charge in [-0.05, 0) is 44.8 Å². The highest BCUT2D eigenvalue weighted by Gasteiger charge is 2.35. The maximum Gasteiger partial charge on any atom is 0.140 e. The van der Waals surface area contributed by atoms with E-state index in [1.54, 1.807) is 0 Å². The molecular formula is C23H25N5. The van der Waals surface area contributed by atoms with Crippen molar-refractivity contribution in [2.45, 2.75) is 18.9 Å². The molecule has 4 heterocycles. The van der Waals surface area contributed by atoms with Crippen molar-refractivity contribution in [1.29, 1.82) is 0 Å². The molecule has 0 amide bonds. The van der Waals surface area contributed by atoms with Crippen molar-refractivity contribution in [2.24, 2.45) is 0 Å². The first kappa shape index (κ1) is 17.2. The third-order valence-electron chi connectivity index (χ3n) is 6.03. The van der Waals surface area contributed by atoms with E-state index in [1.807, 2.05) is 18.5 Å². The third-order valence-corrected chi connectivity index (χ3v) is 6.03. The van der Waals surface area contributed by atoms with Gasteiger partial charge < -0.3 is 14.8 Å². The minimum Gasteiger partial charge on any atom is -0.354 e. The van der Waals surface area contributed by atoms with Crippen LogP contribution < -0.4 is 4.90 Å². The van der Waals surface area contributed by atoms with Gasteiger partial charge in [-0.1, -0.05) is 29.8 Å². The fourth-order valence-corrected chi connectivity index (χ4v) is 4.42. The van der Waals surface area contributed by atoms with Gasteiger partial charge in [-0.15, -0.1) is 0 Å². The van der Waals surface area contributed by atoms with Gasteiger partial charge in [0.05, 0.1) is 5.52 Å². The van der Waals surface area contributed by atoms with E-state index in [0.29, 0.717) is 12.0 Å². The molecule has 5 nitrogen and oxygen atoms in total. The van der Waals surface area contributed by atoms with E-state index in [9.17, 15) is 0 Å². The van der Waals surface area contributed by atoms with Gasteiger partial charge in [0.2, 0.25) is 0 Å². The molecule has 0 saturated carbocycles. The molecule has 0 radical (unpaired) electrons. The summed E-state index contributed by atoms with van der Waals surface area (Å²) in [4.78, 5) is 17.4. The number of hydrogen-bond donors (Lipinski definition) is 1. The van der Waals surface area contributed by atoms with Crippen molar-refractivity contribution in [2.75, 3.05) is 32.1 Å². The van der Waals surface area contributed by atoms with Crippen molar-refractivity contribution in [3.8, 4) is 0 Å². The van der Waals surface area contributed by atoms with E-state index in [0.717, 1.165) is 40.8 Å². The highest BCUT2D eigenvalue weighted by atomic mass is 15.3. The lowest BCUT2D eigenvalue weighted by Gasteiger charge is -2.25. The van der Waals surface area contributed by atoms with Crippen LogP contribution >= 0.6 is 0 Å². The second-order valence-electron chi connectivity index (χ2n) is 8.06. The summed E-state index contributed by atoms with van der Waals surface area (Å²) in [5.74, 6) is 1.51. The number of nitrogens with one attached hydrogen (secondary N) is 1. The predicted molar refractivity (Wildman–Crippen MR) is 115 cm³/mol. The zero-order valence-electron chi connectivity index (χ0n) is 16.6. The summed E-state index contributed by atoms with van der Waals surface area (Å²) in [7, 11) is 4.35. The van der Waals surface area contributed by atoms with Crippen molar-refractivity contribution in [1.82, 2.24) is 19.9 Å². The molecule has 5 rings (SSSR count). The molecule has 1 aliphatic rings. The fourth-order valence-electron chi connectivity index (χ4n) is 4.42. The van der Waals surface area contributed by atoms with Gasteiger partial charge in [-0.25, -0.2) is 4.98 Å². The van der Waals surface area contributed by atoms with Crippen LogP contribution in [0.5, 0.6) is 0 Å². The molecule has 1 aromatic carbocycles. The van der Waals surface area contributed by atoms with E-state index in [-0.39, 0.29) is 0 Å². The third kappa shape index (κ3) is 2.83. The minimum absolute atomic E-state index is 0.465. The molecule has 0 bridgehead atoms. The summed E-state index contributed by atoms with van der Waals surface area (Å²) in [6.45, 7) is 4.10. The van der Waals surface area contributed by atoms with Crippen molar-refractivity contribution < 1.29 is 0 Å². The number of rotatable bonds is 3. The van der Waals surface area contributed by atoms with Gasteiger partial charge in [0.25, 0.3) is 0 Å². The molecular weight excluding hydrogens is 346 g/mol. The SMILES string of the molecule is Cc1ccc([C@@H]2CN(c3ccc4c(n3)[nH]c3ccncc34)C[C@H]2N(C)C)cc1. The number of likely N-dealkylation sites (N-methyl/N-ethyl adjacent to an activating group) is 1. The Kier molecular flexibility index (Phi) is 4.05. The van der Waals surface area contributed by atoms with Crippen LogP contribution in [0.25, 0.3) is 21.9 Å². The molecule has 3 aromatic heterocycles. The Morgan fingerprint density at radius 3 is 2.61 bits per heavy atom. The number of aromatic amines is 1. The number of fused-ring (bicyclic) bond motifs is 3. The van der Waals surface area contributed by atoms with E-state index in [1.165, 1.54) is 11.1 Å². The average Bonchev–Trinajstić information content (AvgIpc) is 3.30. The zero-order chi connectivity index (χ0) is 19.3. The number of aryl methyl sites for hydroxylation is 1. The molecule has 2 atom stereocenters. The Morgan fingerprint density at radius 2 is 1.82 bits per heavy atom. The standard InChI is InChI=1S/C23H25N5/c1-15-4-6-16(7-5-15)19-13-28(14-21(19)27(2)3)22-9-8-17-18-12-24-11-10-20(18)25-23(17)26-22/h4-12,19,21H,13-14H2,1-3H3,(H,25,26)/t19-,21+/m0/s1. The maximum atomic E-state index is 4.95. The molecule has 142 valence electrons. The van der Waals surface area contributed by atoms with Crippen molar-refractivity contribution in [3.63, 3.8) is 0 Å². The Labute approximate surface area is 165 Å². The first-order valence-corrected chi connectivity index (χ1v) is 9.80. The number of aromatic nitrogens is 3. The lowest BCUT2D eigenvalue weighted by Crippen LogP contribution is -2.34. The molecule has 5 heteroatoms. The Hall–Kier alpha value is -2.92. The minimum atomic E-state index is 0.465. The maximum absolute atomic E-state index is 4.95. The summed E-state index contributed by atoms with van der Waals surface area (Å²) in [6.07, 6.45) is 3.72. The lowest BCUT2D eigenvalue weighted by molar-refractivity contribution is 0.292. The first-order chi connectivity index (χ1) is 13.6. The number of benzene rings is 1. The normalized spacial score (nSPS) is 19.9. The molecule has 0 unspecified atom stereocenters. The monoisotopic (exact) mass is 371 g/mol. The lowest BCUT2D eigenvalue weighted by atomic mass is 9.93. The molecule has 1 N–H and O–H groups in total. The first-order valence-electron chi connectivity index (χ1n) is 9.80. The topological polar surface area (TPSA) is 48.1 Å². The molecule has 0 spiro atoms. The second kappa shape index (κ2) is 6.60. The van der Waals surface area contributed by atoms with Crippen LogP contribution in [0.15, 0.2) is 54.9 Å². The van der Waals surface area contributed by atoms with Crippen molar-refractivity contribution >= 4 is 27.8 Å². The Morgan fingerprint density at radius 1 is 1.00 bits per heavy atom. The van der Waals surface area contributed by atoms with Crippen LogP contribution in [-0.4, -0.2) is 53.1 Å². The van der Waals surface area contributed by atoms with Crippen molar-refractivity contribution in [3.05, 3.63) is 66.0 Å². The van der Waals surface area contributed by atoms with E-state index < -0.39 is 0 Å². The highest BCUT2D eigenvalue weighted by Crippen LogP contribution is 2.34. The second-order valence-corrected chi connectivity index (χ2v) is 8.06. The summed E-state index contributed by atoms with van der Waals surface area (Å²) in [5, 5.41) is 2.26. The van der Waals surface area contributed by atoms with Gasteiger partial charge in [0, 0.05) is 48.2 Å². The average molecular weight is 371 g/mol. The molecule has 4 aromatic rings. The summed E-state index contributed by atoms with van der Waals surface area (Å²) in [6, 6.07) is 15.8. The summed E-state index contributed by atoms with van der Waals surface area (Å²) < 4.78 is 0. The van der Waals surface area contributed by atoms with Crippen LogP contribution in [0.3, 0.4) is 0 Å². The van der Waals surface area contributed by atoms with Gasteiger partial charge in [0.1, 0.15) is 11.5 Å². The molecule has 28 heavy (non-hydrogen) atoms. The van der Waals surface area contributed by atoms with E-state index in [4.69, 9.17) is 4.98 Å². The van der Waals surface area contributed by atoms with Gasteiger partial charge in [-0.3, -0.25) is 4.98 Å². The smallest absolute Gasteiger partial charge is 0.140 e. The number of hydrogen-bond acceptors (Lipinski definition) is 4. The quantitative estimate of drug-likeness (QED) is 0.592. The van der Waals surface area contributed by atoms with Crippen LogP contribution in [0.1, 0.15) is 17.0 Å². The number of H-pyrrole nitrogens is 1. The van der Waals surface area contributed by atoms with Gasteiger partial charge >= 0.3 is 0 Å². The number of nitrogens with zero attached hydrogens (tertiary/aromatic N) is 4. The fraction of sp³-hybridized carbons (Fsp3) is 0.304. The van der Waals surface area contributed by atoms with Gasteiger partial charge in [0.15, 0.2) is 0 Å². The van der Waals surface area contributed by atoms with Crippen LogP contribution in [0.2, 0.25) is 0 Å². The van der Waals surface area contributed by atoms with Crippen LogP contribution in [0.4, 0.5) is 5.82 Å². The summed E-state index contributed by atoms with van der Waals surface area (Å²) >= 11 is 0. The predicted octanol–water partition coefficient (Wildman–Crippen LogP) is 3.95. The molecule has 1 saturated heterocycles. The highest BCUT2D eigenvalue weighted by molar-refractivity contribution is 6.05. The van der Waals surface area contributed by atoms with Gasteiger partial charge in [-0.2, -0.15) is 0 Å². The largest absolute Gasteiger partial charge is 0.354 e. The van der Waals surface area contributed by atoms with Crippen LogP contribution in [0, 0.1) is 6.92 Å². The Bertz CT molecular complexity index is 1130. The Balaban J connectivity index is 1.50. The molecule has 1 aliphatic heterocycles. The number of pyridine rings is 2. The van der Waals surface area contributed by atoms with E-state index in [2.05, 4.69) is 77.2 Å². The van der Waals surface area contributed by atoms with E-state index >= 15 is 0 Å². The molecule has 0 aliphatic carbocycles. The summed E-state index contributed by atoms with van der Waals surface area (Å²) in [5.41, 5.74) is 4.73. The van der Waals surface area contributed by atoms with Crippen LogP contribution in [-0.2, 0) is 0 Å². The molecule has 1 fully saturated rings. The number of anilines is 1. The zero-order valence-corrected chi connectivity index (χ0v) is 16.6.